The molecule has 2 N–H and O–H groups in total. The molecular formula is C11H18N4O. The van der Waals surface area contributed by atoms with Crippen molar-refractivity contribution in [3.05, 3.63) is 18.0 Å². The zero-order valence-corrected chi connectivity index (χ0v) is 9.76. The van der Waals surface area contributed by atoms with E-state index in [-0.39, 0.29) is 5.91 Å². The minimum Gasteiger partial charge on any atom is -0.341 e. The topological polar surface area (TPSA) is 64.2 Å². The molecule has 1 aromatic heterocycles. The lowest BCUT2D eigenvalue weighted by atomic mass is 9.91. The highest BCUT2D eigenvalue weighted by Gasteiger charge is 2.29. The molecule has 88 valence electrons. The average Bonchev–Trinajstić information content (AvgIpc) is 2.60. The van der Waals surface area contributed by atoms with E-state index >= 15 is 0 Å². The number of aryl methyl sites for hydroxylation is 1. The summed E-state index contributed by atoms with van der Waals surface area (Å²) in [4.78, 5) is 13.8. The van der Waals surface area contributed by atoms with E-state index in [9.17, 15) is 4.79 Å². The van der Waals surface area contributed by atoms with Crippen molar-refractivity contribution in [2.45, 2.75) is 31.3 Å². The van der Waals surface area contributed by atoms with Crippen LogP contribution in [-0.2, 0) is 11.8 Å². The predicted molar refractivity (Wildman–Crippen MR) is 60.5 cm³/mol. The predicted octanol–water partition coefficient (Wildman–Crippen LogP) is 0.431. The van der Waals surface area contributed by atoms with Gasteiger partial charge in [-0.2, -0.15) is 5.10 Å². The van der Waals surface area contributed by atoms with Crippen molar-refractivity contribution < 1.29 is 4.79 Å². The summed E-state index contributed by atoms with van der Waals surface area (Å²) in [5, 5.41) is 4.02. The first-order valence-electron chi connectivity index (χ1n) is 5.60. The molecule has 1 heterocycles. The summed E-state index contributed by atoms with van der Waals surface area (Å²) < 4.78 is 1.66. The van der Waals surface area contributed by atoms with Gasteiger partial charge in [0.25, 0.3) is 0 Å². The molecule has 1 saturated carbocycles. The molecule has 0 bridgehead atoms. The van der Waals surface area contributed by atoms with Gasteiger partial charge >= 0.3 is 0 Å². The van der Waals surface area contributed by atoms with Gasteiger partial charge in [-0.1, -0.05) is 0 Å². The number of nitrogens with two attached hydrogens (primary N) is 1. The van der Waals surface area contributed by atoms with Crippen LogP contribution < -0.4 is 5.73 Å². The van der Waals surface area contributed by atoms with E-state index < -0.39 is 6.04 Å². The van der Waals surface area contributed by atoms with Crippen LogP contribution >= 0.6 is 0 Å². The molecule has 0 spiro atoms. The largest absolute Gasteiger partial charge is 0.341 e. The van der Waals surface area contributed by atoms with Gasteiger partial charge in [0.1, 0.15) is 6.04 Å². The summed E-state index contributed by atoms with van der Waals surface area (Å²) in [6.07, 6.45) is 6.85. The minimum atomic E-state index is -0.584. The molecule has 1 unspecified atom stereocenters. The lowest BCUT2D eigenvalue weighted by Gasteiger charge is -2.35. The van der Waals surface area contributed by atoms with Gasteiger partial charge in [0.05, 0.1) is 6.20 Å². The minimum absolute atomic E-state index is 0.0160. The van der Waals surface area contributed by atoms with Gasteiger partial charge in [0.15, 0.2) is 0 Å². The Morgan fingerprint density at radius 1 is 1.69 bits per heavy atom. The molecule has 1 amide bonds. The monoisotopic (exact) mass is 222 g/mol. The molecule has 0 saturated heterocycles. The molecule has 0 radical (unpaired) electrons. The molecule has 2 rings (SSSR count). The molecule has 0 aromatic carbocycles. The molecule has 16 heavy (non-hydrogen) atoms. The molecule has 0 aliphatic heterocycles. The van der Waals surface area contributed by atoms with E-state index in [0.717, 1.165) is 18.4 Å². The second kappa shape index (κ2) is 4.25. The third-order valence-electron chi connectivity index (χ3n) is 3.32. The van der Waals surface area contributed by atoms with Gasteiger partial charge in [0, 0.05) is 31.9 Å². The summed E-state index contributed by atoms with van der Waals surface area (Å²) in [7, 11) is 3.65. The Bertz CT molecular complexity index is 383. The SMILES string of the molecule is CN(C(=O)C(N)c1cnn(C)c1)C1CCC1. The third-order valence-corrected chi connectivity index (χ3v) is 3.32. The summed E-state index contributed by atoms with van der Waals surface area (Å²) in [5.41, 5.74) is 6.70. The first-order chi connectivity index (χ1) is 7.59. The third kappa shape index (κ3) is 1.95. The van der Waals surface area contributed by atoms with E-state index in [1.165, 1.54) is 6.42 Å². The highest BCUT2D eigenvalue weighted by molar-refractivity contribution is 5.83. The van der Waals surface area contributed by atoms with Crippen LogP contribution in [0.5, 0.6) is 0 Å². The molecule has 1 aromatic rings. The van der Waals surface area contributed by atoms with Crippen LogP contribution in [0.4, 0.5) is 0 Å². The maximum Gasteiger partial charge on any atom is 0.244 e. The fourth-order valence-corrected chi connectivity index (χ4v) is 1.92. The Labute approximate surface area is 95.2 Å². The van der Waals surface area contributed by atoms with Crippen LogP contribution in [0.15, 0.2) is 12.4 Å². The molecular weight excluding hydrogens is 204 g/mol. The Kier molecular flexibility index (Phi) is 2.96. The summed E-state index contributed by atoms with van der Waals surface area (Å²) in [6.45, 7) is 0. The van der Waals surface area contributed by atoms with Crippen LogP contribution in [0.25, 0.3) is 0 Å². The fraction of sp³-hybridized carbons (Fsp3) is 0.636. The van der Waals surface area contributed by atoms with E-state index in [4.69, 9.17) is 5.73 Å². The van der Waals surface area contributed by atoms with Gasteiger partial charge in [-0.15, -0.1) is 0 Å². The van der Waals surface area contributed by atoms with Crippen molar-refractivity contribution in [3.8, 4) is 0 Å². The van der Waals surface area contributed by atoms with Crippen molar-refractivity contribution in [2.24, 2.45) is 12.8 Å². The van der Waals surface area contributed by atoms with Crippen LogP contribution in [-0.4, -0.2) is 33.7 Å². The molecule has 1 atom stereocenters. The summed E-state index contributed by atoms with van der Waals surface area (Å²) in [6, 6.07) is -0.200. The van der Waals surface area contributed by atoms with Crippen LogP contribution in [0.2, 0.25) is 0 Å². The standard InChI is InChI=1S/C11H18N4O/c1-14-7-8(6-13-14)10(12)11(16)15(2)9-4-3-5-9/h6-7,9-10H,3-5,12H2,1-2H3. The van der Waals surface area contributed by atoms with E-state index in [0.29, 0.717) is 6.04 Å². The van der Waals surface area contributed by atoms with Crippen LogP contribution in [0, 0.1) is 0 Å². The van der Waals surface area contributed by atoms with Crippen molar-refractivity contribution in [1.29, 1.82) is 0 Å². The Morgan fingerprint density at radius 2 is 2.38 bits per heavy atom. The van der Waals surface area contributed by atoms with Crippen molar-refractivity contribution in [1.82, 2.24) is 14.7 Å². The smallest absolute Gasteiger partial charge is 0.244 e. The van der Waals surface area contributed by atoms with Crippen molar-refractivity contribution in [2.75, 3.05) is 7.05 Å². The number of nitrogens with zero attached hydrogens (tertiary/aromatic N) is 3. The highest BCUT2D eigenvalue weighted by atomic mass is 16.2. The first kappa shape index (κ1) is 11.1. The number of carbonyl (C=O) groups excluding carboxylic acids is 1. The number of likely N-dealkylation sites (N-methyl/N-ethyl adjacent to an activating group) is 1. The first-order valence-corrected chi connectivity index (χ1v) is 5.60. The second-order valence-corrected chi connectivity index (χ2v) is 4.46. The maximum atomic E-state index is 12.1. The van der Waals surface area contributed by atoms with Crippen molar-refractivity contribution >= 4 is 5.91 Å². The van der Waals surface area contributed by atoms with Gasteiger partial charge in [-0.05, 0) is 19.3 Å². The normalized spacial score (nSPS) is 17.9. The molecule has 1 aliphatic rings. The molecule has 5 heteroatoms. The lowest BCUT2D eigenvalue weighted by molar-refractivity contribution is -0.135. The Morgan fingerprint density at radius 3 is 2.81 bits per heavy atom. The number of hydrogen-bond acceptors (Lipinski definition) is 3. The fourth-order valence-electron chi connectivity index (χ4n) is 1.92. The van der Waals surface area contributed by atoms with E-state index in [1.54, 1.807) is 22.0 Å². The Hall–Kier alpha value is -1.36. The average molecular weight is 222 g/mol. The van der Waals surface area contributed by atoms with Crippen LogP contribution in [0.1, 0.15) is 30.9 Å². The van der Waals surface area contributed by atoms with E-state index in [1.807, 2.05) is 14.1 Å². The van der Waals surface area contributed by atoms with Crippen LogP contribution in [0.3, 0.4) is 0 Å². The molecule has 1 fully saturated rings. The zero-order chi connectivity index (χ0) is 11.7. The van der Waals surface area contributed by atoms with Crippen molar-refractivity contribution in [3.63, 3.8) is 0 Å². The zero-order valence-electron chi connectivity index (χ0n) is 9.76. The maximum absolute atomic E-state index is 12.1. The van der Waals surface area contributed by atoms with Gasteiger partial charge in [-0.3, -0.25) is 9.48 Å². The van der Waals surface area contributed by atoms with Gasteiger partial charge in [-0.25, -0.2) is 0 Å². The van der Waals surface area contributed by atoms with Gasteiger partial charge in [0.2, 0.25) is 5.91 Å². The molecule has 5 nitrogen and oxygen atoms in total. The van der Waals surface area contributed by atoms with E-state index in [2.05, 4.69) is 5.10 Å². The summed E-state index contributed by atoms with van der Waals surface area (Å²) >= 11 is 0. The number of amides is 1. The summed E-state index contributed by atoms with van der Waals surface area (Å²) in [5.74, 6) is -0.0160. The van der Waals surface area contributed by atoms with Gasteiger partial charge < -0.3 is 10.6 Å². The number of hydrogen-bond donors (Lipinski definition) is 1. The molecule has 1 aliphatic carbocycles. The Balaban J connectivity index is 2.03. The second-order valence-electron chi connectivity index (χ2n) is 4.46. The number of rotatable bonds is 3. The lowest BCUT2D eigenvalue weighted by Crippen LogP contribution is -2.45. The quantitative estimate of drug-likeness (QED) is 0.806. The number of carbonyl (C=O) groups is 1. The highest BCUT2D eigenvalue weighted by Crippen LogP contribution is 2.25. The number of aromatic nitrogens is 2.